The van der Waals surface area contributed by atoms with Gasteiger partial charge >= 0.3 is 0 Å². The van der Waals surface area contributed by atoms with Crippen LogP contribution in [0.15, 0.2) is 30.3 Å². The summed E-state index contributed by atoms with van der Waals surface area (Å²) in [6.45, 7) is 7.44. The lowest BCUT2D eigenvalue weighted by Gasteiger charge is -2.29. The maximum atomic E-state index is 12.7. The third kappa shape index (κ3) is 9.95. The van der Waals surface area contributed by atoms with E-state index in [4.69, 9.17) is 0 Å². The van der Waals surface area contributed by atoms with Gasteiger partial charge in [-0.05, 0) is 47.1 Å². The van der Waals surface area contributed by atoms with Gasteiger partial charge in [0.1, 0.15) is 16.6 Å². The molecular formula is C27H42N6O7. The molecule has 0 aromatic heterocycles. The maximum Gasteiger partial charge on any atom is 0.247 e. The molecule has 13 nitrogen and oxygen atoms in total. The van der Waals surface area contributed by atoms with E-state index < -0.39 is 71.8 Å². The molecule has 0 saturated heterocycles. The van der Waals surface area contributed by atoms with E-state index in [1.165, 1.54) is 46.4 Å². The minimum Gasteiger partial charge on any atom is -0.395 e. The number of rotatable bonds is 13. The lowest BCUT2D eigenvalue weighted by Crippen LogP contribution is -2.60. The van der Waals surface area contributed by atoms with Crippen molar-refractivity contribution in [3.63, 3.8) is 0 Å². The van der Waals surface area contributed by atoms with Crippen molar-refractivity contribution >= 4 is 35.4 Å². The lowest BCUT2D eigenvalue weighted by molar-refractivity contribution is -0.138. The van der Waals surface area contributed by atoms with Gasteiger partial charge in [0.05, 0.1) is 25.6 Å². The summed E-state index contributed by atoms with van der Waals surface area (Å²) in [5.74, 6) is -4.36. The molecule has 1 aromatic carbocycles. The fourth-order valence-corrected chi connectivity index (χ4v) is 3.69. The fraction of sp³-hybridized carbons (Fsp3) is 0.556. The number of benzene rings is 1. The fourth-order valence-electron chi connectivity index (χ4n) is 3.69. The summed E-state index contributed by atoms with van der Waals surface area (Å²) in [5, 5.41) is 22.1. The number of amides is 6. The summed E-state index contributed by atoms with van der Waals surface area (Å²) in [5.41, 5.74) is -3.45. The summed E-state index contributed by atoms with van der Waals surface area (Å²) in [4.78, 5) is 76.3. The van der Waals surface area contributed by atoms with Crippen molar-refractivity contribution in [2.45, 2.75) is 64.1 Å². The molecular weight excluding hydrogens is 520 g/mol. The van der Waals surface area contributed by atoms with Crippen LogP contribution in [0.3, 0.4) is 0 Å². The predicted octanol–water partition coefficient (Wildman–Crippen LogP) is -1.23. The van der Waals surface area contributed by atoms with E-state index in [9.17, 15) is 33.9 Å². The minimum absolute atomic E-state index is 0.325. The third-order valence-electron chi connectivity index (χ3n) is 5.94. The van der Waals surface area contributed by atoms with Crippen molar-refractivity contribution in [2.24, 2.45) is 0 Å². The summed E-state index contributed by atoms with van der Waals surface area (Å²) in [6, 6.07) is 8.61. The Kier molecular flexibility index (Phi) is 11.8. The van der Waals surface area contributed by atoms with Gasteiger partial charge in [0.25, 0.3) is 0 Å². The molecule has 1 atom stereocenters. The molecule has 6 amide bonds. The molecule has 13 heteroatoms. The molecule has 1 unspecified atom stereocenters. The molecule has 1 aromatic rings. The molecule has 1 rings (SSSR count). The van der Waals surface area contributed by atoms with Crippen LogP contribution in [0, 0.1) is 0 Å². The van der Waals surface area contributed by atoms with Crippen LogP contribution in [-0.2, 0) is 28.8 Å². The van der Waals surface area contributed by atoms with Crippen LogP contribution in [-0.4, -0.2) is 95.9 Å². The average molecular weight is 563 g/mol. The number of nitrogens with one attached hydrogen (secondary N) is 5. The van der Waals surface area contributed by atoms with Crippen molar-refractivity contribution < 1.29 is 33.9 Å². The molecule has 0 bridgehead atoms. The number of aliphatic hydroxyl groups excluding tert-OH is 1. The smallest absolute Gasteiger partial charge is 0.247 e. The Bertz CT molecular complexity index is 1100. The molecule has 0 heterocycles. The number of carbonyl (C=O) groups is 6. The first-order valence-electron chi connectivity index (χ1n) is 12.7. The normalized spacial score (nSPS) is 12.4. The second-order valence-corrected chi connectivity index (χ2v) is 11.2. The zero-order valence-corrected chi connectivity index (χ0v) is 24.4. The molecule has 0 aliphatic heterocycles. The van der Waals surface area contributed by atoms with E-state index in [1.54, 1.807) is 44.4 Å². The Hall–Kier alpha value is -4.00. The van der Waals surface area contributed by atoms with Crippen LogP contribution >= 0.6 is 0 Å². The lowest BCUT2D eigenvalue weighted by atomic mass is 9.96. The van der Waals surface area contributed by atoms with Crippen LogP contribution in [0.25, 0.3) is 0 Å². The predicted molar refractivity (Wildman–Crippen MR) is 148 cm³/mol. The molecule has 0 saturated carbocycles. The SMILES string of the molecule is CN(C)C(=O)C(C)(C)NC(=O)CNC(=O)C(C)(C)NC(=O)CNC(=O)C(C)(C)NC(=O)C(CO)c1ccccc1. The van der Waals surface area contributed by atoms with Crippen LogP contribution < -0.4 is 26.6 Å². The zero-order valence-electron chi connectivity index (χ0n) is 24.4. The van der Waals surface area contributed by atoms with E-state index in [0.717, 1.165) is 0 Å². The standard InChI is InChI=1S/C27H42N6O7/c1-25(2,22(38)28-15-20(36)31-27(5,6)24(40)33(7)8)30-19(35)14-29-23(39)26(3,4)32-21(37)18(16-34)17-12-10-9-11-13-17/h9-13,18,34H,14-16H2,1-8H3,(H,28,38)(H,29,39)(H,30,35)(H,31,36)(H,32,37). The molecule has 0 spiro atoms. The van der Waals surface area contributed by atoms with Crippen molar-refractivity contribution in [3.8, 4) is 0 Å². The second kappa shape index (κ2) is 13.9. The molecule has 0 radical (unpaired) electrons. The van der Waals surface area contributed by atoms with E-state index in [1.807, 2.05) is 0 Å². The van der Waals surface area contributed by atoms with Gasteiger partial charge in [-0.15, -0.1) is 0 Å². The number of nitrogens with zero attached hydrogens (tertiary/aromatic N) is 1. The summed E-state index contributed by atoms with van der Waals surface area (Å²) >= 11 is 0. The average Bonchev–Trinajstić information content (AvgIpc) is 2.85. The van der Waals surface area contributed by atoms with Crippen molar-refractivity contribution in [3.05, 3.63) is 35.9 Å². The summed E-state index contributed by atoms with van der Waals surface area (Å²) in [7, 11) is 3.11. The first-order chi connectivity index (χ1) is 18.3. The number of carbonyl (C=O) groups excluding carboxylic acids is 6. The molecule has 40 heavy (non-hydrogen) atoms. The zero-order chi connectivity index (χ0) is 30.9. The largest absolute Gasteiger partial charge is 0.395 e. The Morgan fingerprint density at radius 1 is 0.725 bits per heavy atom. The Balaban J connectivity index is 2.62. The highest BCUT2D eigenvalue weighted by Gasteiger charge is 2.35. The molecule has 222 valence electrons. The van der Waals surface area contributed by atoms with E-state index >= 15 is 0 Å². The summed E-state index contributed by atoms with van der Waals surface area (Å²) < 4.78 is 0. The van der Waals surface area contributed by atoms with Crippen molar-refractivity contribution in [2.75, 3.05) is 33.8 Å². The topological polar surface area (TPSA) is 186 Å². The van der Waals surface area contributed by atoms with Gasteiger partial charge in [0, 0.05) is 14.1 Å². The number of hydrogen-bond acceptors (Lipinski definition) is 7. The van der Waals surface area contributed by atoms with Gasteiger partial charge in [-0.25, -0.2) is 0 Å². The minimum atomic E-state index is -1.44. The van der Waals surface area contributed by atoms with Gasteiger partial charge in [-0.1, -0.05) is 30.3 Å². The van der Waals surface area contributed by atoms with Gasteiger partial charge < -0.3 is 36.6 Å². The monoisotopic (exact) mass is 562 g/mol. The molecule has 6 N–H and O–H groups in total. The highest BCUT2D eigenvalue weighted by atomic mass is 16.3. The second-order valence-electron chi connectivity index (χ2n) is 11.2. The number of hydrogen-bond donors (Lipinski definition) is 6. The Morgan fingerprint density at radius 3 is 1.57 bits per heavy atom. The third-order valence-corrected chi connectivity index (χ3v) is 5.94. The molecule has 0 fully saturated rings. The maximum absolute atomic E-state index is 12.7. The highest BCUT2D eigenvalue weighted by molar-refractivity contribution is 5.97. The first-order valence-corrected chi connectivity index (χ1v) is 12.7. The van der Waals surface area contributed by atoms with Gasteiger partial charge in [0.15, 0.2) is 0 Å². The Labute approximate surface area is 234 Å². The van der Waals surface area contributed by atoms with Gasteiger partial charge in [0.2, 0.25) is 35.4 Å². The van der Waals surface area contributed by atoms with Crippen LogP contribution in [0.2, 0.25) is 0 Å². The molecule has 0 aliphatic rings. The van der Waals surface area contributed by atoms with Crippen LogP contribution in [0.4, 0.5) is 0 Å². The first kappa shape index (κ1) is 34.0. The van der Waals surface area contributed by atoms with Crippen molar-refractivity contribution in [1.29, 1.82) is 0 Å². The highest BCUT2D eigenvalue weighted by Crippen LogP contribution is 2.17. The summed E-state index contributed by atoms with van der Waals surface area (Å²) in [6.07, 6.45) is 0. The van der Waals surface area contributed by atoms with E-state index in [-0.39, 0.29) is 5.91 Å². The van der Waals surface area contributed by atoms with E-state index in [0.29, 0.717) is 5.56 Å². The van der Waals surface area contributed by atoms with E-state index in [2.05, 4.69) is 26.6 Å². The molecule has 0 aliphatic carbocycles. The number of aliphatic hydroxyl groups is 1. The Morgan fingerprint density at radius 2 is 1.15 bits per heavy atom. The van der Waals surface area contributed by atoms with Crippen molar-refractivity contribution in [1.82, 2.24) is 31.5 Å². The quantitative estimate of drug-likeness (QED) is 0.174. The van der Waals surface area contributed by atoms with Gasteiger partial charge in [-0.3, -0.25) is 28.8 Å². The van der Waals surface area contributed by atoms with Crippen LogP contribution in [0.1, 0.15) is 53.0 Å². The number of likely N-dealkylation sites (N-methyl/N-ethyl adjacent to an activating group) is 1. The van der Waals surface area contributed by atoms with Crippen LogP contribution in [0.5, 0.6) is 0 Å². The van der Waals surface area contributed by atoms with Gasteiger partial charge in [-0.2, -0.15) is 0 Å².